The van der Waals surface area contributed by atoms with Crippen LogP contribution >= 0.6 is 12.2 Å². The van der Waals surface area contributed by atoms with Crippen molar-refractivity contribution in [3.05, 3.63) is 82.6 Å². The predicted molar refractivity (Wildman–Crippen MR) is 123 cm³/mol. The van der Waals surface area contributed by atoms with Crippen LogP contribution in [-0.4, -0.2) is 20.7 Å². The Kier molecular flexibility index (Phi) is 5.77. The van der Waals surface area contributed by atoms with E-state index in [4.69, 9.17) is 12.2 Å². The predicted octanol–water partition coefficient (Wildman–Crippen LogP) is 5.34. The summed E-state index contributed by atoms with van der Waals surface area (Å²) in [5.74, 6) is 0.725. The summed E-state index contributed by atoms with van der Waals surface area (Å²) in [7, 11) is 0. The zero-order valence-corrected chi connectivity index (χ0v) is 17.9. The van der Waals surface area contributed by atoms with Crippen LogP contribution in [-0.2, 0) is 11.3 Å². The van der Waals surface area contributed by atoms with Crippen LogP contribution < -0.4 is 5.32 Å². The Bertz CT molecular complexity index is 1230. The lowest BCUT2D eigenvalue weighted by molar-refractivity contribution is -0.121. The molecule has 152 valence electrons. The quantitative estimate of drug-likeness (QED) is 0.417. The molecule has 4 aromatic rings. The lowest BCUT2D eigenvalue weighted by Crippen LogP contribution is -2.27. The molecule has 0 saturated carbocycles. The second-order valence-corrected chi connectivity index (χ2v) is 7.86. The summed E-state index contributed by atoms with van der Waals surface area (Å²) < 4.78 is 2.39. The molecule has 1 aromatic heterocycles. The lowest BCUT2D eigenvalue weighted by atomic mass is 9.99. The van der Waals surface area contributed by atoms with Gasteiger partial charge in [0.1, 0.15) is 0 Å². The fraction of sp³-hybridized carbons (Fsp3) is 0.208. The Balaban J connectivity index is 1.46. The summed E-state index contributed by atoms with van der Waals surface area (Å²) in [6.45, 7) is 4.52. The molecule has 0 aliphatic heterocycles. The third-order valence-corrected chi connectivity index (χ3v) is 5.61. The number of aryl methyl sites for hydroxylation is 1. The third-order valence-electron chi connectivity index (χ3n) is 5.30. The van der Waals surface area contributed by atoms with E-state index in [1.165, 1.54) is 10.9 Å². The minimum Gasteiger partial charge on any atom is -0.350 e. The van der Waals surface area contributed by atoms with Gasteiger partial charge >= 0.3 is 0 Å². The van der Waals surface area contributed by atoms with Gasteiger partial charge in [-0.2, -0.15) is 5.10 Å². The van der Waals surface area contributed by atoms with Crippen LogP contribution in [0.3, 0.4) is 0 Å². The summed E-state index contributed by atoms with van der Waals surface area (Å²) in [5.41, 5.74) is 3.26. The number of hydrogen-bond acceptors (Lipinski definition) is 3. The highest BCUT2D eigenvalue weighted by atomic mass is 32.1. The fourth-order valence-electron chi connectivity index (χ4n) is 3.68. The van der Waals surface area contributed by atoms with Gasteiger partial charge in [0.2, 0.25) is 5.91 Å². The zero-order chi connectivity index (χ0) is 21.1. The lowest BCUT2D eigenvalue weighted by Gasteiger charge is -2.17. The molecular weight excluding hydrogens is 392 g/mol. The van der Waals surface area contributed by atoms with Gasteiger partial charge in [-0.1, -0.05) is 72.3 Å². The number of nitrogens with zero attached hydrogens (tertiary/aromatic N) is 2. The highest BCUT2D eigenvalue weighted by Gasteiger charge is 2.14. The molecule has 30 heavy (non-hydrogen) atoms. The van der Waals surface area contributed by atoms with Gasteiger partial charge in [-0.3, -0.25) is 14.5 Å². The van der Waals surface area contributed by atoms with Crippen LogP contribution in [0.2, 0.25) is 0 Å². The second kappa shape index (κ2) is 8.63. The third kappa shape index (κ3) is 4.19. The molecule has 0 aliphatic carbocycles. The largest absolute Gasteiger partial charge is 0.350 e. The van der Waals surface area contributed by atoms with Gasteiger partial charge in [0, 0.05) is 18.5 Å². The second-order valence-electron chi connectivity index (χ2n) is 7.48. The van der Waals surface area contributed by atoms with Crippen molar-refractivity contribution in [2.24, 2.45) is 0 Å². The number of aromatic nitrogens is 3. The van der Waals surface area contributed by atoms with Gasteiger partial charge < -0.3 is 5.32 Å². The first-order valence-electron chi connectivity index (χ1n) is 10.0. The number of H-pyrrole nitrogens is 1. The molecule has 5 nitrogen and oxygen atoms in total. The summed E-state index contributed by atoms with van der Waals surface area (Å²) >= 11 is 5.38. The fourth-order valence-corrected chi connectivity index (χ4v) is 3.90. The number of benzene rings is 3. The van der Waals surface area contributed by atoms with E-state index < -0.39 is 0 Å². The number of fused-ring (bicyclic) bond motifs is 1. The molecule has 0 radical (unpaired) electrons. The number of nitrogens with one attached hydrogen (secondary N) is 2. The summed E-state index contributed by atoms with van der Waals surface area (Å²) in [6.07, 6.45) is 0.321. The van der Waals surface area contributed by atoms with Gasteiger partial charge in [-0.25, -0.2) is 0 Å². The van der Waals surface area contributed by atoms with Crippen LogP contribution in [0.5, 0.6) is 0 Å². The average molecular weight is 417 g/mol. The first kappa shape index (κ1) is 20.0. The van der Waals surface area contributed by atoms with Crippen molar-refractivity contribution in [3.8, 4) is 11.4 Å². The number of hydrogen-bond donors (Lipinski definition) is 2. The molecule has 0 fully saturated rings. The normalized spacial score (nSPS) is 12.1. The van der Waals surface area contributed by atoms with E-state index in [9.17, 15) is 4.79 Å². The zero-order valence-electron chi connectivity index (χ0n) is 17.1. The summed E-state index contributed by atoms with van der Waals surface area (Å²) in [6, 6.07) is 22.4. The van der Waals surface area contributed by atoms with E-state index in [0.717, 1.165) is 22.3 Å². The van der Waals surface area contributed by atoms with Crippen molar-refractivity contribution >= 4 is 28.9 Å². The standard InChI is InChI=1S/C24H24N4OS/c1-16-10-12-19(13-11-16)23-26-27-24(30)28(23)15-14-22(29)25-17(2)20-9-5-7-18-6-3-4-8-21(18)20/h3-13,17H,14-15H2,1-2H3,(H,25,29)(H,27,30). The number of carbonyl (C=O) groups excluding carboxylic acids is 1. The Morgan fingerprint density at radius 1 is 1.10 bits per heavy atom. The van der Waals surface area contributed by atoms with E-state index in [-0.39, 0.29) is 11.9 Å². The van der Waals surface area contributed by atoms with Crippen LogP contribution in [0, 0.1) is 11.7 Å². The first-order chi connectivity index (χ1) is 14.5. The van der Waals surface area contributed by atoms with Gasteiger partial charge in [0.25, 0.3) is 0 Å². The minimum absolute atomic E-state index is 0.0200. The van der Waals surface area contributed by atoms with Crippen LogP contribution in [0.25, 0.3) is 22.2 Å². The monoisotopic (exact) mass is 416 g/mol. The molecule has 0 saturated heterocycles. The molecule has 0 aliphatic rings. The van der Waals surface area contributed by atoms with Crippen molar-refractivity contribution in [2.45, 2.75) is 32.9 Å². The van der Waals surface area contributed by atoms with Crippen LogP contribution in [0.15, 0.2) is 66.7 Å². The topological polar surface area (TPSA) is 62.7 Å². The summed E-state index contributed by atoms with van der Waals surface area (Å²) in [4.78, 5) is 12.7. The highest BCUT2D eigenvalue weighted by Crippen LogP contribution is 2.24. The van der Waals surface area contributed by atoms with E-state index in [2.05, 4.69) is 39.8 Å². The Labute approximate surface area is 180 Å². The molecule has 4 rings (SSSR count). The van der Waals surface area contributed by atoms with Crippen molar-refractivity contribution in [1.29, 1.82) is 0 Å². The van der Waals surface area contributed by atoms with E-state index in [0.29, 0.717) is 17.7 Å². The molecule has 3 aromatic carbocycles. The molecule has 1 unspecified atom stereocenters. The number of carbonyl (C=O) groups is 1. The Morgan fingerprint density at radius 2 is 1.83 bits per heavy atom. The van der Waals surface area contributed by atoms with E-state index in [1.807, 2.05) is 60.9 Å². The van der Waals surface area contributed by atoms with Gasteiger partial charge in [0.15, 0.2) is 10.6 Å². The maximum absolute atomic E-state index is 12.7. The summed E-state index contributed by atoms with van der Waals surface area (Å²) in [5, 5.41) is 12.6. The van der Waals surface area contributed by atoms with Gasteiger partial charge in [0.05, 0.1) is 6.04 Å². The van der Waals surface area contributed by atoms with Crippen molar-refractivity contribution < 1.29 is 4.79 Å². The molecule has 0 spiro atoms. The molecule has 2 N–H and O–H groups in total. The smallest absolute Gasteiger partial charge is 0.222 e. The van der Waals surface area contributed by atoms with Crippen molar-refractivity contribution in [2.75, 3.05) is 0 Å². The molecule has 1 heterocycles. The maximum Gasteiger partial charge on any atom is 0.222 e. The number of aromatic amines is 1. The molecule has 1 amide bonds. The molecule has 6 heteroatoms. The number of rotatable bonds is 6. The van der Waals surface area contributed by atoms with E-state index >= 15 is 0 Å². The minimum atomic E-state index is -0.0857. The van der Waals surface area contributed by atoms with Gasteiger partial charge in [-0.15, -0.1) is 0 Å². The molecule has 0 bridgehead atoms. The Morgan fingerprint density at radius 3 is 2.63 bits per heavy atom. The Hall–Kier alpha value is -3.25. The van der Waals surface area contributed by atoms with Crippen LogP contribution in [0.4, 0.5) is 0 Å². The van der Waals surface area contributed by atoms with Gasteiger partial charge in [-0.05, 0) is 42.4 Å². The maximum atomic E-state index is 12.7. The number of amides is 1. The first-order valence-corrected chi connectivity index (χ1v) is 10.4. The SMILES string of the molecule is Cc1ccc(-c2n[nH]c(=S)n2CCC(=O)NC(C)c2cccc3ccccc23)cc1. The highest BCUT2D eigenvalue weighted by molar-refractivity contribution is 7.71. The molecule has 1 atom stereocenters. The van der Waals surface area contributed by atoms with Crippen molar-refractivity contribution in [1.82, 2.24) is 20.1 Å². The average Bonchev–Trinajstić information content (AvgIpc) is 3.12. The van der Waals surface area contributed by atoms with Crippen LogP contribution in [0.1, 0.15) is 30.5 Å². The van der Waals surface area contributed by atoms with Crippen molar-refractivity contribution in [3.63, 3.8) is 0 Å². The van der Waals surface area contributed by atoms with E-state index in [1.54, 1.807) is 0 Å². The molecular formula is C24H24N4OS.